The number of carbonyl (C=O) groups excluding carboxylic acids is 3. The summed E-state index contributed by atoms with van der Waals surface area (Å²) in [4.78, 5) is 34.9. The van der Waals surface area contributed by atoms with E-state index in [0.29, 0.717) is 12.0 Å². The number of hydrogen-bond acceptors (Lipinski definition) is 6. The molecule has 1 aromatic carbocycles. The first-order chi connectivity index (χ1) is 12.5. The van der Waals surface area contributed by atoms with Gasteiger partial charge in [-0.2, -0.15) is 0 Å². The number of amides is 3. The molecule has 2 rings (SSSR count). The zero-order chi connectivity index (χ0) is 19.1. The van der Waals surface area contributed by atoms with Gasteiger partial charge < -0.3 is 31.1 Å². The summed E-state index contributed by atoms with van der Waals surface area (Å²) in [5.41, 5.74) is 0.297. The second-order valence-electron chi connectivity index (χ2n) is 5.47. The molecule has 0 saturated carbocycles. The Kier molecular flexibility index (Phi) is 6.50. The summed E-state index contributed by atoms with van der Waals surface area (Å²) in [6.45, 7) is 0.125. The van der Waals surface area contributed by atoms with Gasteiger partial charge in [0, 0.05) is 13.7 Å². The van der Waals surface area contributed by atoms with E-state index in [0.717, 1.165) is 0 Å². The van der Waals surface area contributed by atoms with Crippen LogP contribution in [0.4, 0.5) is 4.39 Å². The molecule has 0 saturated heterocycles. The number of aliphatic hydroxyl groups excluding tert-OH is 1. The van der Waals surface area contributed by atoms with Gasteiger partial charge in [0.25, 0.3) is 11.8 Å². The van der Waals surface area contributed by atoms with Crippen LogP contribution in [0.2, 0.25) is 0 Å². The van der Waals surface area contributed by atoms with E-state index in [-0.39, 0.29) is 18.8 Å². The fourth-order valence-corrected chi connectivity index (χ4v) is 2.34. The van der Waals surface area contributed by atoms with E-state index in [9.17, 15) is 23.9 Å². The third-order valence-corrected chi connectivity index (χ3v) is 3.66. The van der Waals surface area contributed by atoms with Crippen LogP contribution in [0.1, 0.15) is 5.56 Å². The molecule has 9 nitrogen and oxygen atoms in total. The minimum absolute atomic E-state index is 0.0575. The van der Waals surface area contributed by atoms with Crippen LogP contribution in [-0.2, 0) is 25.7 Å². The van der Waals surface area contributed by atoms with Crippen molar-refractivity contribution in [2.24, 2.45) is 0 Å². The Labute approximate surface area is 148 Å². The van der Waals surface area contributed by atoms with Crippen LogP contribution in [-0.4, -0.2) is 49.3 Å². The molecule has 1 heterocycles. The van der Waals surface area contributed by atoms with Crippen molar-refractivity contribution in [1.82, 2.24) is 21.3 Å². The quantitative estimate of drug-likeness (QED) is 0.376. The summed E-state index contributed by atoms with van der Waals surface area (Å²) in [6, 6.07) is 4.82. The maximum Gasteiger partial charge on any atom is 0.290 e. The van der Waals surface area contributed by atoms with E-state index >= 15 is 0 Å². The van der Waals surface area contributed by atoms with Crippen molar-refractivity contribution in [2.45, 2.75) is 18.8 Å². The summed E-state index contributed by atoms with van der Waals surface area (Å²) >= 11 is 0. The van der Waals surface area contributed by atoms with Gasteiger partial charge in [-0.25, -0.2) is 4.39 Å². The highest BCUT2D eigenvalue weighted by Gasteiger charge is 2.34. The van der Waals surface area contributed by atoms with E-state index in [1.807, 2.05) is 0 Å². The van der Waals surface area contributed by atoms with Gasteiger partial charge in [-0.3, -0.25) is 14.4 Å². The smallest absolute Gasteiger partial charge is 0.290 e. The second kappa shape index (κ2) is 8.81. The van der Waals surface area contributed by atoms with Crippen LogP contribution in [0, 0.1) is 5.82 Å². The molecule has 3 amide bonds. The summed E-state index contributed by atoms with van der Waals surface area (Å²) in [5, 5.41) is 19.9. The van der Waals surface area contributed by atoms with Gasteiger partial charge in [-0.15, -0.1) is 0 Å². The molecule has 10 heteroatoms. The van der Waals surface area contributed by atoms with Gasteiger partial charge in [0.2, 0.25) is 12.2 Å². The Morgan fingerprint density at radius 2 is 2.08 bits per heavy atom. The predicted octanol–water partition coefficient (Wildman–Crippen LogP) is -0.982. The molecule has 0 aromatic heterocycles. The topological polar surface area (TPSA) is 129 Å². The minimum atomic E-state index is -0.866. The van der Waals surface area contributed by atoms with Crippen LogP contribution in [0.15, 0.2) is 35.7 Å². The Balaban J connectivity index is 2.08. The van der Waals surface area contributed by atoms with E-state index in [1.165, 1.54) is 31.4 Å². The van der Waals surface area contributed by atoms with E-state index in [2.05, 4.69) is 21.3 Å². The Morgan fingerprint density at radius 1 is 1.38 bits per heavy atom. The minimum Gasteiger partial charge on any atom is -0.501 e. The van der Waals surface area contributed by atoms with Crippen LogP contribution in [0.25, 0.3) is 0 Å². The molecule has 0 bridgehead atoms. The summed E-state index contributed by atoms with van der Waals surface area (Å²) in [7, 11) is 1.41. The summed E-state index contributed by atoms with van der Waals surface area (Å²) < 4.78 is 17.9. The van der Waals surface area contributed by atoms with Crippen LogP contribution >= 0.6 is 0 Å². The first-order valence-electron chi connectivity index (χ1n) is 7.68. The molecule has 1 aromatic rings. The highest BCUT2D eigenvalue weighted by molar-refractivity contribution is 6.04. The largest absolute Gasteiger partial charge is 0.501 e. The Bertz CT molecular complexity index is 707. The van der Waals surface area contributed by atoms with Crippen molar-refractivity contribution in [3.8, 4) is 0 Å². The Hall–Kier alpha value is -3.14. The lowest BCUT2D eigenvalue weighted by molar-refractivity contribution is -0.125. The Morgan fingerprint density at radius 3 is 2.69 bits per heavy atom. The molecule has 0 aliphatic carbocycles. The molecule has 2 unspecified atom stereocenters. The fraction of sp³-hybridized carbons (Fsp3) is 0.312. The third-order valence-electron chi connectivity index (χ3n) is 3.66. The maximum atomic E-state index is 12.9. The molecule has 1 aliphatic heterocycles. The average molecular weight is 366 g/mol. The van der Waals surface area contributed by atoms with Crippen molar-refractivity contribution in [3.05, 3.63) is 47.1 Å². The van der Waals surface area contributed by atoms with Crippen LogP contribution in [0.5, 0.6) is 0 Å². The first-order valence-corrected chi connectivity index (χ1v) is 7.68. The molecular formula is C16H19FN4O5. The zero-order valence-electron chi connectivity index (χ0n) is 13.9. The van der Waals surface area contributed by atoms with Crippen molar-refractivity contribution < 1.29 is 28.6 Å². The van der Waals surface area contributed by atoms with Gasteiger partial charge >= 0.3 is 0 Å². The highest BCUT2D eigenvalue weighted by atomic mass is 19.1. The number of rotatable bonds is 8. The molecular weight excluding hydrogens is 347 g/mol. The van der Waals surface area contributed by atoms with E-state index in [1.54, 1.807) is 0 Å². The van der Waals surface area contributed by atoms with Crippen molar-refractivity contribution >= 4 is 18.2 Å². The summed E-state index contributed by atoms with van der Waals surface area (Å²) in [6.07, 6.45) is -0.431. The number of ether oxygens (including phenoxy) is 1. The standard InChI is InChI=1S/C16H19FN4O5/c1-26-7-11(19-8-22)14-20-12(13(23)16(25)21-14)15(24)18-6-9-2-4-10(17)5-3-9/h2-5,8,11,14,20,23H,6-7H2,1H3,(H,18,24)(H,19,22)(H,21,25). The number of benzene rings is 1. The molecule has 140 valence electrons. The lowest BCUT2D eigenvalue weighted by Crippen LogP contribution is -2.62. The van der Waals surface area contributed by atoms with E-state index in [4.69, 9.17) is 4.74 Å². The van der Waals surface area contributed by atoms with Gasteiger partial charge in [0.05, 0.1) is 12.6 Å². The molecule has 0 radical (unpaired) electrons. The third kappa shape index (κ3) is 4.70. The van der Waals surface area contributed by atoms with Crippen LogP contribution in [0.3, 0.4) is 0 Å². The normalized spacial score (nSPS) is 17.8. The molecule has 0 fully saturated rings. The predicted molar refractivity (Wildman–Crippen MR) is 87.8 cm³/mol. The molecule has 26 heavy (non-hydrogen) atoms. The highest BCUT2D eigenvalue weighted by Crippen LogP contribution is 2.09. The first kappa shape index (κ1) is 19.2. The lowest BCUT2D eigenvalue weighted by Gasteiger charge is -2.32. The molecule has 0 spiro atoms. The van der Waals surface area contributed by atoms with Crippen molar-refractivity contribution in [1.29, 1.82) is 0 Å². The zero-order valence-corrected chi connectivity index (χ0v) is 13.9. The number of nitrogens with one attached hydrogen (secondary N) is 4. The summed E-state index contributed by atoms with van der Waals surface area (Å²) in [5.74, 6) is -2.77. The van der Waals surface area contributed by atoms with Crippen LogP contribution < -0.4 is 21.3 Å². The van der Waals surface area contributed by atoms with E-state index < -0.39 is 35.6 Å². The second-order valence-corrected chi connectivity index (χ2v) is 5.47. The number of aliphatic hydroxyl groups is 1. The average Bonchev–Trinajstić information content (AvgIpc) is 2.63. The van der Waals surface area contributed by atoms with Gasteiger partial charge in [0.1, 0.15) is 17.7 Å². The van der Waals surface area contributed by atoms with Gasteiger partial charge in [0.15, 0.2) is 0 Å². The lowest BCUT2D eigenvalue weighted by atomic mass is 10.1. The number of hydrogen-bond donors (Lipinski definition) is 5. The molecule has 1 aliphatic rings. The van der Waals surface area contributed by atoms with Gasteiger partial charge in [-0.1, -0.05) is 12.1 Å². The van der Waals surface area contributed by atoms with Crippen molar-refractivity contribution in [3.63, 3.8) is 0 Å². The fourth-order valence-electron chi connectivity index (χ4n) is 2.34. The maximum absolute atomic E-state index is 12.9. The molecule has 5 N–H and O–H groups in total. The molecule has 2 atom stereocenters. The SMILES string of the molecule is COCC(NC=O)C1NC(=O)C(O)=C(C(=O)NCc2ccc(F)cc2)N1. The number of methoxy groups -OCH3 is 1. The number of carbonyl (C=O) groups is 3. The van der Waals surface area contributed by atoms with Crippen molar-refractivity contribution in [2.75, 3.05) is 13.7 Å². The monoisotopic (exact) mass is 366 g/mol. The van der Waals surface area contributed by atoms with Gasteiger partial charge in [-0.05, 0) is 17.7 Å². The number of halogens is 1.